The molecule has 2 N–H and O–H groups in total. The number of sulfonamides is 1. The molecule has 1 aromatic rings. The van der Waals surface area contributed by atoms with Gasteiger partial charge in [-0.25, -0.2) is 13.1 Å². The second-order valence-corrected chi connectivity index (χ2v) is 8.44. The quantitative estimate of drug-likeness (QED) is 0.874. The minimum atomic E-state index is -3.49. The van der Waals surface area contributed by atoms with Crippen LogP contribution in [0.15, 0.2) is 17.2 Å². The molecular weight excluding hydrogens is 288 g/mol. The van der Waals surface area contributed by atoms with Crippen molar-refractivity contribution < 1.29 is 13.5 Å². The van der Waals surface area contributed by atoms with E-state index in [-0.39, 0.29) is 23.6 Å². The molecule has 2 aliphatic carbocycles. The second kappa shape index (κ2) is 5.41. The number of aliphatic hydroxyl groups is 1. The molecule has 2 fully saturated rings. The molecule has 3 unspecified atom stereocenters. The summed E-state index contributed by atoms with van der Waals surface area (Å²) in [7, 11) is -3.49. The molecule has 118 valence electrons. The number of hydrogen-bond acceptors (Lipinski definition) is 3. The zero-order valence-corrected chi connectivity index (χ0v) is 13.4. The Kier molecular flexibility index (Phi) is 3.88. The second-order valence-electron chi connectivity index (χ2n) is 6.73. The van der Waals surface area contributed by atoms with Crippen LogP contribution in [0.25, 0.3) is 0 Å². The summed E-state index contributed by atoms with van der Waals surface area (Å²) in [6.45, 7) is 3.79. The summed E-state index contributed by atoms with van der Waals surface area (Å²) in [5.41, 5.74) is 0.637. The van der Waals surface area contributed by atoms with E-state index < -0.39 is 10.0 Å². The SMILES string of the molecule is CC(C)n1cc(S(=O)(=O)NC2CC3CCC2C3)cc1CO. The fourth-order valence-corrected chi connectivity index (χ4v) is 5.27. The Bertz CT molecular complexity index is 621. The van der Waals surface area contributed by atoms with Crippen LogP contribution in [0.1, 0.15) is 51.3 Å². The highest BCUT2D eigenvalue weighted by atomic mass is 32.2. The normalized spacial score (nSPS) is 28.7. The Morgan fingerprint density at radius 3 is 2.62 bits per heavy atom. The van der Waals surface area contributed by atoms with Gasteiger partial charge in [-0.05, 0) is 51.0 Å². The standard InChI is InChI=1S/C15H24N2O3S/c1-10(2)17-8-14(7-13(17)9-18)21(19,20)16-15-6-11-3-4-12(15)5-11/h7-8,10-12,15-16,18H,3-6,9H2,1-2H3. The van der Waals surface area contributed by atoms with Gasteiger partial charge in [0.05, 0.1) is 11.5 Å². The minimum absolute atomic E-state index is 0.0914. The minimum Gasteiger partial charge on any atom is -0.390 e. The van der Waals surface area contributed by atoms with Crippen molar-refractivity contribution in [1.82, 2.24) is 9.29 Å². The maximum atomic E-state index is 12.6. The maximum Gasteiger partial charge on any atom is 0.242 e. The van der Waals surface area contributed by atoms with E-state index in [4.69, 9.17) is 0 Å². The molecule has 0 amide bonds. The summed E-state index contributed by atoms with van der Waals surface area (Å²) >= 11 is 0. The molecule has 2 bridgehead atoms. The van der Waals surface area contributed by atoms with E-state index in [1.807, 2.05) is 18.4 Å². The highest BCUT2D eigenvalue weighted by molar-refractivity contribution is 7.89. The largest absolute Gasteiger partial charge is 0.390 e. The van der Waals surface area contributed by atoms with Gasteiger partial charge in [-0.3, -0.25) is 0 Å². The highest BCUT2D eigenvalue weighted by Gasteiger charge is 2.41. The molecule has 5 nitrogen and oxygen atoms in total. The Labute approximate surface area is 126 Å². The fraction of sp³-hybridized carbons (Fsp3) is 0.733. The van der Waals surface area contributed by atoms with Crippen LogP contribution in [0.2, 0.25) is 0 Å². The van der Waals surface area contributed by atoms with Crippen LogP contribution in [0, 0.1) is 11.8 Å². The molecule has 6 heteroatoms. The first-order valence-corrected chi connectivity index (χ1v) is 9.23. The molecule has 2 aliphatic rings. The van der Waals surface area contributed by atoms with E-state index in [2.05, 4.69) is 4.72 Å². The summed E-state index contributed by atoms with van der Waals surface area (Å²) in [5, 5.41) is 9.38. The Morgan fingerprint density at radius 2 is 2.14 bits per heavy atom. The third-order valence-corrected chi connectivity index (χ3v) is 6.44. The van der Waals surface area contributed by atoms with E-state index >= 15 is 0 Å². The van der Waals surface area contributed by atoms with E-state index in [1.54, 1.807) is 12.3 Å². The first-order valence-electron chi connectivity index (χ1n) is 7.74. The number of rotatable bonds is 5. The molecule has 0 spiro atoms. The van der Waals surface area contributed by atoms with Gasteiger partial charge in [-0.2, -0.15) is 0 Å². The summed E-state index contributed by atoms with van der Waals surface area (Å²) in [5.74, 6) is 1.21. The van der Waals surface area contributed by atoms with Gasteiger partial charge in [0.1, 0.15) is 0 Å². The lowest BCUT2D eigenvalue weighted by atomic mass is 9.96. The number of nitrogens with one attached hydrogen (secondary N) is 1. The maximum absolute atomic E-state index is 12.6. The van der Waals surface area contributed by atoms with Gasteiger partial charge in [0.15, 0.2) is 0 Å². The van der Waals surface area contributed by atoms with Crippen molar-refractivity contribution in [3.63, 3.8) is 0 Å². The van der Waals surface area contributed by atoms with Crippen LogP contribution >= 0.6 is 0 Å². The molecule has 3 atom stereocenters. The number of fused-ring (bicyclic) bond motifs is 2. The number of nitrogens with zero attached hydrogens (tertiary/aromatic N) is 1. The average Bonchev–Trinajstić information content (AvgIpc) is 3.12. The molecule has 0 aliphatic heterocycles. The predicted octanol–water partition coefficient (Wildman–Crippen LogP) is 2.03. The van der Waals surface area contributed by atoms with E-state index in [9.17, 15) is 13.5 Å². The van der Waals surface area contributed by atoms with Gasteiger partial charge in [-0.15, -0.1) is 0 Å². The molecule has 1 heterocycles. The molecule has 21 heavy (non-hydrogen) atoms. The molecular formula is C15H24N2O3S. The molecule has 2 saturated carbocycles. The summed E-state index contributed by atoms with van der Waals surface area (Å²) in [6, 6.07) is 1.79. The molecule has 0 saturated heterocycles. The Balaban J connectivity index is 1.81. The lowest BCUT2D eigenvalue weighted by molar-refractivity contribution is 0.268. The van der Waals surface area contributed by atoms with Crippen molar-refractivity contribution in [1.29, 1.82) is 0 Å². The third-order valence-electron chi connectivity index (χ3n) is 4.98. The molecule has 0 aromatic carbocycles. The third kappa shape index (κ3) is 2.76. The Hall–Kier alpha value is -0.850. The van der Waals surface area contributed by atoms with Crippen LogP contribution in [-0.2, 0) is 16.6 Å². The van der Waals surface area contributed by atoms with Crippen molar-refractivity contribution in [3.05, 3.63) is 18.0 Å². The number of aliphatic hydroxyl groups excluding tert-OH is 1. The molecule has 0 radical (unpaired) electrons. The number of hydrogen-bond donors (Lipinski definition) is 2. The molecule has 3 rings (SSSR count). The monoisotopic (exact) mass is 312 g/mol. The zero-order valence-electron chi connectivity index (χ0n) is 12.6. The van der Waals surface area contributed by atoms with Gasteiger partial charge >= 0.3 is 0 Å². The lowest BCUT2D eigenvalue weighted by Crippen LogP contribution is -2.38. The lowest BCUT2D eigenvalue weighted by Gasteiger charge is -2.22. The van der Waals surface area contributed by atoms with Crippen LogP contribution in [0.4, 0.5) is 0 Å². The first kappa shape index (κ1) is 15.1. The van der Waals surface area contributed by atoms with Crippen molar-refractivity contribution in [2.75, 3.05) is 0 Å². The van der Waals surface area contributed by atoms with Crippen molar-refractivity contribution >= 4 is 10.0 Å². The fourth-order valence-electron chi connectivity index (χ4n) is 3.91. The molecule has 1 aromatic heterocycles. The average molecular weight is 312 g/mol. The van der Waals surface area contributed by atoms with Crippen LogP contribution in [0.5, 0.6) is 0 Å². The highest BCUT2D eigenvalue weighted by Crippen LogP contribution is 2.44. The van der Waals surface area contributed by atoms with Crippen LogP contribution in [0.3, 0.4) is 0 Å². The van der Waals surface area contributed by atoms with Crippen LogP contribution in [-0.4, -0.2) is 24.1 Å². The van der Waals surface area contributed by atoms with Crippen molar-refractivity contribution in [2.45, 2.75) is 63.1 Å². The summed E-state index contributed by atoms with van der Waals surface area (Å²) in [4.78, 5) is 0.267. The van der Waals surface area contributed by atoms with Gasteiger partial charge < -0.3 is 9.67 Å². The smallest absolute Gasteiger partial charge is 0.242 e. The Morgan fingerprint density at radius 1 is 1.38 bits per heavy atom. The topological polar surface area (TPSA) is 71.3 Å². The van der Waals surface area contributed by atoms with Gasteiger partial charge in [0, 0.05) is 24.0 Å². The van der Waals surface area contributed by atoms with Gasteiger partial charge in [0.2, 0.25) is 10.0 Å². The van der Waals surface area contributed by atoms with Crippen LogP contribution < -0.4 is 4.72 Å². The van der Waals surface area contributed by atoms with Crippen molar-refractivity contribution in [3.8, 4) is 0 Å². The first-order chi connectivity index (χ1) is 9.90. The number of aromatic nitrogens is 1. The van der Waals surface area contributed by atoms with Gasteiger partial charge in [0.25, 0.3) is 0 Å². The predicted molar refractivity (Wildman–Crippen MR) is 80.3 cm³/mol. The van der Waals surface area contributed by atoms with Gasteiger partial charge in [-0.1, -0.05) is 6.42 Å². The summed E-state index contributed by atoms with van der Waals surface area (Å²) in [6.07, 6.45) is 6.17. The van der Waals surface area contributed by atoms with Crippen molar-refractivity contribution in [2.24, 2.45) is 11.8 Å². The van der Waals surface area contributed by atoms with E-state index in [1.165, 1.54) is 12.8 Å². The summed E-state index contributed by atoms with van der Waals surface area (Å²) < 4.78 is 29.8. The zero-order chi connectivity index (χ0) is 15.2. The van der Waals surface area contributed by atoms with E-state index in [0.717, 1.165) is 12.8 Å². The van der Waals surface area contributed by atoms with E-state index in [0.29, 0.717) is 17.5 Å².